The van der Waals surface area contributed by atoms with Crippen LogP contribution in [-0.4, -0.2) is 0 Å². The van der Waals surface area contributed by atoms with Crippen LogP contribution >= 0.6 is 0 Å². The van der Waals surface area contributed by atoms with Crippen molar-refractivity contribution in [1.29, 1.82) is 0 Å². The molecule has 0 heterocycles. The molecule has 0 nitrogen and oxygen atoms in total. The molecule has 0 aliphatic carbocycles. The van der Waals surface area contributed by atoms with Crippen LogP contribution in [0.3, 0.4) is 0 Å². The van der Waals surface area contributed by atoms with Crippen molar-refractivity contribution < 1.29 is 0 Å². The van der Waals surface area contributed by atoms with Gasteiger partial charge in [0, 0.05) is 0 Å². The summed E-state index contributed by atoms with van der Waals surface area (Å²) in [5.41, 5.74) is 2.55. The maximum atomic E-state index is 3.79. The normalized spacial score (nSPS) is 12.5. The molecule has 0 radical (unpaired) electrons. The van der Waals surface area contributed by atoms with E-state index in [4.69, 9.17) is 0 Å². The van der Waals surface area contributed by atoms with E-state index >= 15 is 0 Å². The van der Waals surface area contributed by atoms with E-state index in [9.17, 15) is 0 Å². The fourth-order valence-electron chi connectivity index (χ4n) is 0.878. The summed E-state index contributed by atoms with van der Waals surface area (Å²) in [6.45, 7) is 10.1. The average Bonchev–Trinajstić information content (AvgIpc) is 1.87. The SMILES string of the molecule is C=C(C)/C=C/C/C(C)=C/CC. The Morgan fingerprint density at radius 1 is 1.36 bits per heavy atom. The van der Waals surface area contributed by atoms with Gasteiger partial charge in [0.15, 0.2) is 0 Å². The fraction of sp³-hybridized carbons (Fsp3) is 0.455. The zero-order valence-corrected chi connectivity index (χ0v) is 7.85. The van der Waals surface area contributed by atoms with Crippen molar-refractivity contribution in [2.45, 2.75) is 33.6 Å². The van der Waals surface area contributed by atoms with Gasteiger partial charge in [-0.2, -0.15) is 0 Å². The first-order valence-corrected chi connectivity index (χ1v) is 4.14. The Bertz CT molecular complexity index is 170. The molecule has 0 unspecified atom stereocenters. The van der Waals surface area contributed by atoms with Gasteiger partial charge in [0.05, 0.1) is 0 Å². The minimum Gasteiger partial charge on any atom is -0.0961 e. The molecular weight excluding hydrogens is 132 g/mol. The second-order valence-corrected chi connectivity index (χ2v) is 2.91. The Labute approximate surface area is 70.3 Å². The van der Waals surface area contributed by atoms with Crippen LogP contribution in [0.4, 0.5) is 0 Å². The van der Waals surface area contributed by atoms with Crippen molar-refractivity contribution in [1.82, 2.24) is 0 Å². The first-order valence-electron chi connectivity index (χ1n) is 4.14. The summed E-state index contributed by atoms with van der Waals surface area (Å²) >= 11 is 0. The Hall–Kier alpha value is -0.780. The molecule has 0 spiro atoms. The smallest absolute Gasteiger partial charge is 0.0138 e. The van der Waals surface area contributed by atoms with Crippen molar-refractivity contribution in [2.24, 2.45) is 0 Å². The van der Waals surface area contributed by atoms with Gasteiger partial charge in [0.25, 0.3) is 0 Å². The summed E-state index contributed by atoms with van der Waals surface area (Å²) in [4.78, 5) is 0. The first kappa shape index (κ1) is 10.2. The molecule has 0 aliphatic heterocycles. The molecule has 62 valence electrons. The minimum atomic E-state index is 1.06. The van der Waals surface area contributed by atoms with E-state index in [1.807, 2.05) is 6.92 Å². The van der Waals surface area contributed by atoms with E-state index in [1.54, 1.807) is 0 Å². The molecule has 0 rings (SSSR count). The van der Waals surface area contributed by atoms with E-state index < -0.39 is 0 Å². The molecule has 0 aromatic carbocycles. The van der Waals surface area contributed by atoms with Gasteiger partial charge >= 0.3 is 0 Å². The predicted molar refractivity (Wildman–Crippen MR) is 52.6 cm³/mol. The molecular formula is C11H18. The number of hydrogen-bond acceptors (Lipinski definition) is 0. The Morgan fingerprint density at radius 3 is 2.45 bits per heavy atom. The van der Waals surface area contributed by atoms with Crippen LogP contribution in [0.2, 0.25) is 0 Å². The van der Waals surface area contributed by atoms with E-state index in [2.05, 4.69) is 38.7 Å². The summed E-state index contributed by atoms with van der Waals surface area (Å²) < 4.78 is 0. The minimum absolute atomic E-state index is 1.06. The molecule has 0 N–H and O–H groups in total. The maximum Gasteiger partial charge on any atom is -0.0138 e. The predicted octanol–water partition coefficient (Wildman–Crippen LogP) is 3.87. The molecule has 0 aliphatic rings. The lowest BCUT2D eigenvalue weighted by Crippen LogP contribution is -1.72. The molecule has 0 aromatic rings. The highest BCUT2D eigenvalue weighted by Crippen LogP contribution is 2.03. The van der Waals surface area contributed by atoms with Crippen molar-refractivity contribution in [3.63, 3.8) is 0 Å². The van der Waals surface area contributed by atoms with E-state index in [1.165, 1.54) is 5.57 Å². The molecule has 0 amide bonds. The van der Waals surface area contributed by atoms with Crippen molar-refractivity contribution in [3.05, 3.63) is 36.0 Å². The highest BCUT2D eigenvalue weighted by atomic mass is 13.9. The topological polar surface area (TPSA) is 0 Å². The third-order valence-electron chi connectivity index (χ3n) is 1.39. The van der Waals surface area contributed by atoms with Gasteiger partial charge in [-0.15, -0.1) is 0 Å². The van der Waals surface area contributed by atoms with Crippen molar-refractivity contribution in [2.75, 3.05) is 0 Å². The first-order chi connectivity index (χ1) is 5.16. The van der Waals surface area contributed by atoms with Gasteiger partial charge in [-0.25, -0.2) is 0 Å². The lowest BCUT2D eigenvalue weighted by molar-refractivity contribution is 1.12. The van der Waals surface area contributed by atoms with E-state index in [0.29, 0.717) is 0 Å². The molecule has 0 aromatic heterocycles. The third kappa shape index (κ3) is 7.11. The van der Waals surface area contributed by atoms with Crippen molar-refractivity contribution >= 4 is 0 Å². The van der Waals surface area contributed by atoms with Crippen LogP contribution in [0.5, 0.6) is 0 Å². The lowest BCUT2D eigenvalue weighted by atomic mass is 10.1. The molecule has 0 atom stereocenters. The standard InChI is InChI=1S/C11H18/c1-5-7-11(4)9-6-8-10(2)3/h6-8H,2,5,9H2,1,3-4H3/b8-6+,11-7+. The molecule has 11 heavy (non-hydrogen) atoms. The van der Waals surface area contributed by atoms with Gasteiger partial charge in [0.2, 0.25) is 0 Å². The number of hydrogen-bond donors (Lipinski definition) is 0. The molecule has 0 saturated heterocycles. The van der Waals surface area contributed by atoms with Gasteiger partial charge in [-0.3, -0.25) is 0 Å². The Kier molecular flexibility index (Phi) is 5.54. The molecule has 0 bridgehead atoms. The number of allylic oxidation sites excluding steroid dienone is 5. The zero-order chi connectivity index (χ0) is 8.69. The quantitative estimate of drug-likeness (QED) is 0.421. The van der Waals surface area contributed by atoms with Gasteiger partial charge in [-0.1, -0.05) is 42.9 Å². The Morgan fingerprint density at radius 2 is 2.00 bits per heavy atom. The van der Waals surface area contributed by atoms with Crippen molar-refractivity contribution in [3.8, 4) is 0 Å². The van der Waals surface area contributed by atoms with Crippen LogP contribution in [0, 0.1) is 0 Å². The van der Waals surface area contributed by atoms with Crippen LogP contribution in [0.15, 0.2) is 36.0 Å². The summed E-state index contributed by atoms with van der Waals surface area (Å²) in [5.74, 6) is 0. The van der Waals surface area contributed by atoms with Gasteiger partial charge in [0.1, 0.15) is 0 Å². The lowest BCUT2D eigenvalue weighted by Gasteiger charge is -1.93. The van der Waals surface area contributed by atoms with E-state index in [0.717, 1.165) is 18.4 Å². The highest BCUT2D eigenvalue weighted by molar-refractivity contribution is 5.14. The van der Waals surface area contributed by atoms with Crippen LogP contribution in [0.25, 0.3) is 0 Å². The summed E-state index contributed by atoms with van der Waals surface area (Å²) in [7, 11) is 0. The monoisotopic (exact) mass is 150 g/mol. The Balaban J connectivity index is 3.70. The van der Waals surface area contributed by atoms with E-state index in [-0.39, 0.29) is 0 Å². The summed E-state index contributed by atoms with van der Waals surface area (Å²) in [6, 6.07) is 0. The van der Waals surface area contributed by atoms with Gasteiger partial charge < -0.3 is 0 Å². The van der Waals surface area contributed by atoms with Crippen LogP contribution < -0.4 is 0 Å². The summed E-state index contributed by atoms with van der Waals surface area (Å²) in [6.07, 6.45) is 8.66. The average molecular weight is 150 g/mol. The third-order valence-corrected chi connectivity index (χ3v) is 1.39. The molecule has 0 saturated carbocycles. The highest BCUT2D eigenvalue weighted by Gasteiger charge is 1.82. The zero-order valence-electron chi connectivity index (χ0n) is 7.85. The fourth-order valence-corrected chi connectivity index (χ4v) is 0.878. The van der Waals surface area contributed by atoms with Crippen LogP contribution in [-0.2, 0) is 0 Å². The second kappa shape index (κ2) is 5.96. The largest absolute Gasteiger partial charge is 0.0961 e. The second-order valence-electron chi connectivity index (χ2n) is 2.91. The summed E-state index contributed by atoms with van der Waals surface area (Å²) in [5, 5.41) is 0. The maximum absolute atomic E-state index is 3.79. The molecule has 0 fully saturated rings. The molecule has 0 heteroatoms. The van der Waals surface area contributed by atoms with Crippen LogP contribution in [0.1, 0.15) is 33.6 Å². The van der Waals surface area contributed by atoms with Gasteiger partial charge in [-0.05, 0) is 26.7 Å². The number of rotatable bonds is 4.